The van der Waals surface area contributed by atoms with Crippen molar-refractivity contribution >= 4 is 11.9 Å². The second-order valence-electron chi connectivity index (χ2n) is 6.35. The number of nitro groups is 2. The lowest BCUT2D eigenvalue weighted by molar-refractivity contribution is -0.572. The number of aliphatic hydroxyl groups is 2. The van der Waals surface area contributed by atoms with Crippen LogP contribution in [-0.2, 0) is 19.1 Å². The predicted octanol–water partition coefficient (Wildman–Crippen LogP) is -0.311. The summed E-state index contributed by atoms with van der Waals surface area (Å²) in [5.41, 5.74) is -3.54. The summed E-state index contributed by atoms with van der Waals surface area (Å²) >= 11 is 0. The van der Waals surface area contributed by atoms with E-state index < -0.39 is 59.3 Å². The molecule has 0 aliphatic rings. The summed E-state index contributed by atoms with van der Waals surface area (Å²) in [4.78, 5) is 43.0. The van der Waals surface area contributed by atoms with E-state index in [0.717, 1.165) is 13.8 Å². The normalized spacial score (nSPS) is 15.4. The van der Waals surface area contributed by atoms with E-state index in [0.29, 0.717) is 0 Å². The lowest BCUT2D eigenvalue weighted by Gasteiger charge is -2.18. The van der Waals surface area contributed by atoms with Crippen LogP contribution in [0.2, 0.25) is 0 Å². The third-order valence-corrected chi connectivity index (χ3v) is 3.66. The molecule has 0 aromatic carbocycles. The number of aliphatic hydroxyl groups excluding tert-OH is 2. The minimum absolute atomic E-state index is 0.0875. The quantitative estimate of drug-likeness (QED) is 0.186. The molecule has 12 nitrogen and oxygen atoms in total. The molecule has 0 saturated heterocycles. The van der Waals surface area contributed by atoms with Crippen molar-refractivity contribution in [1.82, 2.24) is 0 Å². The highest BCUT2D eigenvalue weighted by molar-refractivity contribution is 5.70. The monoisotopic (exact) mass is 380 g/mol. The molecule has 0 aliphatic heterocycles. The van der Waals surface area contributed by atoms with Gasteiger partial charge in [-0.15, -0.1) is 0 Å². The van der Waals surface area contributed by atoms with Gasteiger partial charge in [-0.2, -0.15) is 0 Å². The fourth-order valence-electron chi connectivity index (χ4n) is 1.47. The molecule has 0 amide bonds. The summed E-state index contributed by atoms with van der Waals surface area (Å²) in [7, 11) is 0. The molecule has 0 spiro atoms. The number of carbonyl (C=O) groups is 2. The second kappa shape index (κ2) is 10.6. The van der Waals surface area contributed by atoms with E-state index in [1.165, 1.54) is 0 Å². The number of carbonyl (C=O) groups excluding carboxylic acids is 2. The molecule has 12 heteroatoms. The molecular formula is C14H24N2O10. The first kappa shape index (κ1) is 23.7. The summed E-state index contributed by atoms with van der Waals surface area (Å²) in [5.74, 6) is -1.41. The van der Waals surface area contributed by atoms with Gasteiger partial charge < -0.3 is 19.7 Å². The molecule has 0 bridgehead atoms. The van der Waals surface area contributed by atoms with Crippen molar-refractivity contribution in [3.8, 4) is 0 Å². The highest BCUT2D eigenvalue weighted by atomic mass is 16.6. The van der Waals surface area contributed by atoms with Crippen LogP contribution in [0.5, 0.6) is 0 Å². The maximum Gasteiger partial charge on any atom is 0.306 e. The number of hydrogen-bond donors (Lipinski definition) is 2. The van der Waals surface area contributed by atoms with Crippen LogP contribution in [0.25, 0.3) is 0 Å². The predicted molar refractivity (Wildman–Crippen MR) is 85.4 cm³/mol. The molecule has 26 heavy (non-hydrogen) atoms. The maximum absolute atomic E-state index is 11.5. The topological polar surface area (TPSA) is 179 Å². The third-order valence-electron chi connectivity index (χ3n) is 3.66. The van der Waals surface area contributed by atoms with Crippen molar-refractivity contribution in [2.75, 3.05) is 26.4 Å². The van der Waals surface area contributed by atoms with Crippen LogP contribution in [0.15, 0.2) is 0 Å². The second-order valence-corrected chi connectivity index (χ2v) is 6.35. The Hall–Kier alpha value is -2.34. The lowest BCUT2D eigenvalue weighted by Crippen LogP contribution is -2.44. The number of hydrogen-bond acceptors (Lipinski definition) is 10. The van der Waals surface area contributed by atoms with Crippen molar-refractivity contribution in [1.29, 1.82) is 0 Å². The molecule has 0 aromatic heterocycles. The first-order valence-electron chi connectivity index (χ1n) is 7.83. The van der Waals surface area contributed by atoms with Crippen LogP contribution >= 0.6 is 0 Å². The van der Waals surface area contributed by atoms with Crippen molar-refractivity contribution in [3.05, 3.63) is 20.2 Å². The number of nitrogens with zero attached hydrogens (tertiary/aromatic N) is 2. The first-order chi connectivity index (χ1) is 12.0. The molecule has 2 atom stereocenters. The van der Waals surface area contributed by atoms with Gasteiger partial charge in [-0.3, -0.25) is 29.8 Å². The largest absolute Gasteiger partial charge is 0.458 e. The maximum atomic E-state index is 11.5. The van der Waals surface area contributed by atoms with Gasteiger partial charge in [0, 0.05) is 36.5 Å². The van der Waals surface area contributed by atoms with Gasteiger partial charge in [-0.25, -0.2) is 0 Å². The Labute approximate surface area is 149 Å². The number of rotatable bonds is 13. The zero-order valence-corrected chi connectivity index (χ0v) is 14.7. The molecule has 0 rings (SSSR count). The third kappa shape index (κ3) is 7.70. The SMILES string of the molecule is CC(CO)(COC(=O)CCCCC(=O)OCC(C)(CO)[N+](=O)[O-])[N+](=O)[O-]. The van der Waals surface area contributed by atoms with Crippen molar-refractivity contribution < 1.29 is 39.1 Å². The fraction of sp³-hybridized carbons (Fsp3) is 0.857. The van der Waals surface area contributed by atoms with Crippen molar-refractivity contribution in [3.63, 3.8) is 0 Å². The zero-order valence-electron chi connectivity index (χ0n) is 14.7. The van der Waals surface area contributed by atoms with Crippen LogP contribution in [0, 0.1) is 20.2 Å². The Bertz CT molecular complexity index is 480. The van der Waals surface area contributed by atoms with E-state index in [1.807, 2.05) is 0 Å². The van der Waals surface area contributed by atoms with Gasteiger partial charge in [0.05, 0.1) is 0 Å². The standard InChI is InChI=1S/C14H24N2O10/c1-13(7-17,15(21)22)9-25-11(19)5-3-4-6-12(20)26-10-14(2,8-18)16(23)24/h17-18H,3-10H2,1-2H3. The Morgan fingerprint density at radius 3 is 1.38 bits per heavy atom. The summed E-state index contributed by atoms with van der Waals surface area (Å²) in [6.07, 6.45) is 0.314. The average Bonchev–Trinajstić information content (AvgIpc) is 2.60. The van der Waals surface area contributed by atoms with E-state index >= 15 is 0 Å². The summed E-state index contributed by atoms with van der Waals surface area (Å²) in [6, 6.07) is 0. The van der Waals surface area contributed by atoms with Crippen LogP contribution in [0.1, 0.15) is 39.5 Å². The van der Waals surface area contributed by atoms with Gasteiger partial charge in [0.15, 0.2) is 13.2 Å². The van der Waals surface area contributed by atoms with Crippen molar-refractivity contribution in [2.45, 2.75) is 50.6 Å². The molecule has 0 aliphatic carbocycles. The van der Waals surface area contributed by atoms with Gasteiger partial charge in [0.2, 0.25) is 0 Å². The van der Waals surface area contributed by atoms with Crippen LogP contribution in [-0.4, -0.2) is 69.5 Å². The van der Waals surface area contributed by atoms with Crippen LogP contribution in [0.3, 0.4) is 0 Å². The molecule has 0 radical (unpaired) electrons. The van der Waals surface area contributed by atoms with E-state index in [-0.39, 0.29) is 25.7 Å². The summed E-state index contributed by atoms with van der Waals surface area (Å²) < 4.78 is 9.48. The number of esters is 2. The number of ether oxygens (including phenoxy) is 2. The molecule has 2 unspecified atom stereocenters. The summed E-state index contributed by atoms with van der Waals surface area (Å²) in [5, 5.41) is 39.4. The Morgan fingerprint density at radius 1 is 0.846 bits per heavy atom. The van der Waals surface area contributed by atoms with Gasteiger partial charge >= 0.3 is 11.9 Å². The van der Waals surface area contributed by atoms with Gasteiger partial charge in [0.25, 0.3) is 11.1 Å². The first-order valence-corrected chi connectivity index (χ1v) is 7.83. The highest BCUT2D eigenvalue weighted by Gasteiger charge is 2.39. The van der Waals surface area contributed by atoms with E-state index in [1.54, 1.807) is 0 Å². The summed E-state index contributed by atoms with van der Waals surface area (Å²) in [6.45, 7) is -0.426. The molecular weight excluding hydrogens is 356 g/mol. The van der Waals surface area contributed by atoms with Crippen LogP contribution < -0.4 is 0 Å². The number of unbranched alkanes of at least 4 members (excludes halogenated alkanes) is 1. The van der Waals surface area contributed by atoms with Crippen molar-refractivity contribution in [2.24, 2.45) is 0 Å². The fourth-order valence-corrected chi connectivity index (χ4v) is 1.47. The van der Waals surface area contributed by atoms with Crippen LogP contribution in [0.4, 0.5) is 0 Å². The van der Waals surface area contributed by atoms with E-state index in [2.05, 4.69) is 0 Å². The molecule has 0 aromatic rings. The average molecular weight is 380 g/mol. The molecule has 0 heterocycles. The molecule has 150 valence electrons. The highest BCUT2D eigenvalue weighted by Crippen LogP contribution is 2.12. The van der Waals surface area contributed by atoms with Gasteiger partial charge in [0.1, 0.15) is 13.2 Å². The molecule has 2 N–H and O–H groups in total. The Morgan fingerprint density at radius 2 is 1.15 bits per heavy atom. The zero-order chi connectivity index (χ0) is 20.4. The van der Waals surface area contributed by atoms with Gasteiger partial charge in [-0.1, -0.05) is 0 Å². The minimum Gasteiger partial charge on any atom is -0.458 e. The van der Waals surface area contributed by atoms with E-state index in [4.69, 9.17) is 19.7 Å². The van der Waals surface area contributed by atoms with E-state index in [9.17, 15) is 29.8 Å². The Kier molecular flexibility index (Phi) is 9.65. The van der Waals surface area contributed by atoms with Gasteiger partial charge in [-0.05, 0) is 12.8 Å². The molecule has 0 fully saturated rings. The Balaban J connectivity index is 4.05. The minimum atomic E-state index is -1.77. The molecule has 0 saturated carbocycles. The lowest BCUT2D eigenvalue weighted by atomic mass is 10.1. The smallest absolute Gasteiger partial charge is 0.306 e.